The van der Waals surface area contributed by atoms with Crippen LogP contribution in [0.25, 0.3) is 0 Å². The second kappa shape index (κ2) is 7.37. The van der Waals surface area contributed by atoms with Crippen LogP contribution >= 0.6 is 0 Å². The van der Waals surface area contributed by atoms with Gasteiger partial charge in [-0.3, -0.25) is 4.79 Å². The number of anilines is 1. The third-order valence-corrected chi connectivity index (χ3v) is 5.35. The van der Waals surface area contributed by atoms with Crippen molar-refractivity contribution in [2.24, 2.45) is 0 Å². The van der Waals surface area contributed by atoms with Gasteiger partial charge in [-0.15, -0.1) is 0 Å². The summed E-state index contributed by atoms with van der Waals surface area (Å²) >= 11 is 0. The maximum atomic E-state index is 12.5. The second-order valence-electron chi connectivity index (χ2n) is 6.97. The van der Waals surface area contributed by atoms with Crippen molar-refractivity contribution >= 4 is 21.6 Å². The van der Waals surface area contributed by atoms with Gasteiger partial charge in [-0.05, 0) is 42.2 Å². The number of para-hydroxylation sites is 1. The number of nitrogens with one attached hydrogen (secondary N) is 2. The van der Waals surface area contributed by atoms with E-state index in [4.69, 9.17) is 0 Å². The third kappa shape index (κ3) is 5.14. The molecule has 2 rings (SSSR count). The Hall–Kier alpha value is -2.18. The maximum absolute atomic E-state index is 12.5. The molecular formula is C19H24N2O3S. The van der Waals surface area contributed by atoms with Gasteiger partial charge in [0.2, 0.25) is 15.9 Å². The van der Waals surface area contributed by atoms with Gasteiger partial charge in [0.15, 0.2) is 0 Å². The predicted octanol–water partition coefficient (Wildman–Crippen LogP) is 3.29. The quantitative estimate of drug-likeness (QED) is 0.859. The number of carbonyl (C=O) groups excluding carboxylic acids is 1. The lowest BCUT2D eigenvalue weighted by Gasteiger charge is -2.19. The summed E-state index contributed by atoms with van der Waals surface area (Å²) in [7, 11) is -3.77. The molecule has 134 valence electrons. The van der Waals surface area contributed by atoms with E-state index in [1.807, 2.05) is 6.07 Å². The van der Waals surface area contributed by atoms with Gasteiger partial charge < -0.3 is 5.32 Å². The van der Waals surface area contributed by atoms with E-state index < -0.39 is 22.0 Å². The number of benzene rings is 2. The SMILES string of the molecule is CC(NS(=O)(=O)c1ccc(C(C)(C)C)cc1)C(=O)Nc1ccccc1. The molecule has 0 spiro atoms. The van der Waals surface area contributed by atoms with Crippen molar-refractivity contribution in [3.8, 4) is 0 Å². The van der Waals surface area contributed by atoms with Crippen molar-refractivity contribution in [3.05, 3.63) is 60.2 Å². The van der Waals surface area contributed by atoms with E-state index >= 15 is 0 Å². The smallest absolute Gasteiger partial charge is 0.242 e. The number of rotatable bonds is 5. The summed E-state index contributed by atoms with van der Waals surface area (Å²) in [5.41, 5.74) is 1.60. The Morgan fingerprint density at radius 1 is 0.960 bits per heavy atom. The molecule has 1 unspecified atom stereocenters. The summed E-state index contributed by atoms with van der Waals surface area (Å²) in [4.78, 5) is 12.3. The van der Waals surface area contributed by atoms with Crippen LogP contribution < -0.4 is 10.0 Å². The summed E-state index contributed by atoms with van der Waals surface area (Å²) < 4.78 is 27.3. The Morgan fingerprint density at radius 2 is 1.52 bits per heavy atom. The predicted molar refractivity (Wildman–Crippen MR) is 100.0 cm³/mol. The first kappa shape index (κ1) is 19.1. The Labute approximate surface area is 149 Å². The molecule has 0 saturated carbocycles. The third-order valence-electron chi connectivity index (χ3n) is 3.80. The Kier molecular flexibility index (Phi) is 5.65. The van der Waals surface area contributed by atoms with Gasteiger partial charge in [0.1, 0.15) is 0 Å². The van der Waals surface area contributed by atoms with Crippen LogP contribution in [-0.4, -0.2) is 20.4 Å². The van der Waals surface area contributed by atoms with E-state index in [9.17, 15) is 13.2 Å². The first-order valence-electron chi connectivity index (χ1n) is 8.08. The largest absolute Gasteiger partial charge is 0.325 e. The highest BCUT2D eigenvalue weighted by Crippen LogP contribution is 2.23. The molecule has 5 nitrogen and oxygen atoms in total. The fourth-order valence-electron chi connectivity index (χ4n) is 2.26. The molecule has 0 heterocycles. The summed E-state index contributed by atoms with van der Waals surface area (Å²) in [5.74, 6) is -0.416. The average molecular weight is 360 g/mol. The molecule has 25 heavy (non-hydrogen) atoms. The molecule has 2 N–H and O–H groups in total. The molecule has 0 aliphatic heterocycles. The molecule has 0 aliphatic carbocycles. The number of carbonyl (C=O) groups is 1. The fourth-order valence-corrected chi connectivity index (χ4v) is 3.46. The van der Waals surface area contributed by atoms with Crippen LogP contribution in [0.5, 0.6) is 0 Å². The van der Waals surface area contributed by atoms with E-state index in [-0.39, 0.29) is 10.3 Å². The molecule has 0 aromatic heterocycles. The highest BCUT2D eigenvalue weighted by Gasteiger charge is 2.23. The topological polar surface area (TPSA) is 75.3 Å². The number of amides is 1. The highest BCUT2D eigenvalue weighted by molar-refractivity contribution is 7.89. The molecule has 0 radical (unpaired) electrons. The average Bonchev–Trinajstić information content (AvgIpc) is 2.54. The Bertz CT molecular complexity index is 823. The van der Waals surface area contributed by atoms with E-state index in [1.165, 1.54) is 6.92 Å². The van der Waals surface area contributed by atoms with Crippen molar-refractivity contribution in [3.63, 3.8) is 0 Å². The van der Waals surface area contributed by atoms with E-state index in [0.717, 1.165) is 5.56 Å². The normalized spacial score (nSPS) is 13.3. The highest BCUT2D eigenvalue weighted by atomic mass is 32.2. The van der Waals surface area contributed by atoms with Gasteiger partial charge >= 0.3 is 0 Å². The maximum Gasteiger partial charge on any atom is 0.242 e. The standard InChI is InChI=1S/C19H24N2O3S/c1-14(18(22)20-16-8-6-5-7-9-16)21-25(23,24)17-12-10-15(11-13-17)19(2,3)4/h5-14,21H,1-4H3,(H,20,22). The summed E-state index contributed by atoms with van der Waals surface area (Å²) in [6.07, 6.45) is 0. The summed E-state index contributed by atoms with van der Waals surface area (Å²) in [6.45, 7) is 7.69. The lowest BCUT2D eigenvalue weighted by atomic mass is 9.87. The fraction of sp³-hybridized carbons (Fsp3) is 0.316. The zero-order valence-electron chi connectivity index (χ0n) is 14.9. The van der Waals surface area contributed by atoms with Crippen LogP contribution in [-0.2, 0) is 20.2 Å². The lowest BCUT2D eigenvalue weighted by Crippen LogP contribution is -2.41. The Balaban J connectivity index is 2.08. The lowest BCUT2D eigenvalue weighted by molar-refractivity contribution is -0.117. The minimum atomic E-state index is -3.77. The number of hydrogen-bond acceptors (Lipinski definition) is 3. The van der Waals surface area contributed by atoms with Crippen LogP contribution in [0.4, 0.5) is 5.69 Å². The van der Waals surface area contributed by atoms with E-state index in [0.29, 0.717) is 5.69 Å². The molecule has 0 aliphatic rings. The Morgan fingerprint density at radius 3 is 2.04 bits per heavy atom. The van der Waals surface area contributed by atoms with Crippen LogP contribution in [0.3, 0.4) is 0 Å². The van der Waals surface area contributed by atoms with Gasteiger partial charge in [0, 0.05) is 5.69 Å². The molecule has 2 aromatic rings. The second-order valence-corrected chi connectivity index (χ2v) is 8.69. The zero-order valence-corrected chi connectivity index (χ0v) is 15.7. The molecule has 0 saturated heterocycles. The minimum Gasteiger partial charge on any atom is -0.325 e. The van der Waals surface area contributed by atoms with Crippen molar-refractivity contribution in [1.82, 2.24) is 4.72 Å². The van der Waals surface area contributed by atoms with Gasteiger partial charge in [-0.25, -0.2) is 8.42 Å². The summed E-state index contributed by atoms with van der Waals surface area (Å²) in [5, 5.41) is 2.68. The molecule has 0 bridgehead atoms. The number of hydrogen-bond donors (Lipinski definition) is 2. The molecule has 1 atom stereocenters. The van der Waals surface area contributed by atoms with Crippen molar-refractivity contribution < 1.29 is 13.2 Å². The molecular weight excluding hydrogens is 336 g/mol. The van der Waals surface area contributed by atoms with Crippen LogP contribution in [0, 0.1) is 0 Å². The number of sulfonamides is 1. The summed E-state index contributed by atoms with van der Waals surface area (Å²) in [6, 6.07) is 14.7. The van der Waals surface area contributed by atoms with Crippen molar-refractivity contribution in [2.75, 3.05) is 5.32 Å². The van der Waals surface area contributed by atoms with E-state index in [2.05, 4.69) is 30.8 Å². The first-order valence-corrected chi connectivity index (χ1v) is 9.57. The zero-order chi connectivity index (χ0) is 18.7. The first-order chi connectivity index (χ1) is 11.6. The minimum absolute atomic E-state index is 0.0570. The van der Waals surface area contributed by atoms with Gasteiger partial charge in [-0.1, -0.05) is 51.1 Å². The molecule has 1 amide bonds. The monoisotopic (exact) mass is 360 g/mol. The van der Waals surface area contributed by atoms with Gasteiger partial charge in [-0.2, -0.15) is 4.72 Å². The van der Waals surface area contributed by atoms with Crippen molar-refractivity contribution in [1.29, 1.82) is 0 Å². The van der Waals surface area contributed by atoms with Crippen LogP contribution in [0.1, 0.15) is 33.3 Å². The van der Waals surface area contributed by atoms with E-state index in [1.54, 1.807) is 48.5 Å². The van der Waals surface area contributed by atoms with Crippen LogP contribution in [0.15, 0.2) is 59.5 Å². The van der Waals surface area contributed by atoms with Gasteiger partial charge in [0.05, 0.1) is 10.9 Å². The van der Waals surface area contributed by atoms with Crippen LogP contribution in [0.2, 0.25) is 0 Å². The molecule has 2 aromatic carbocycles. The molecule has 6 heteroatoms. The van der Waals surface area contributed by atoms with Crippen molar-refractivity contribution in [2.45, 2.75) is 44.0 Å². The van der Waals surface area contributed by atoms with Gasteiger partial charge in [0.25, 0.3) is 0 Å². The molecule has 0 fully saturated rings.